The minimum Gasteiger partial charge on any atom is -0.383 e. The van der Waals surface area contributed by atoms with Gasteiger partial charge in [-0.1, -0.05) is 12.8 Å². The molecule has 1 rings (SSSR count). The van der Waals surface area contributed by atoms with Crippen LogP contribution in [-0.4, -0.2) is 16.1 Å². The second-order valence-electron chi connectivity index (χ2n) is 3.23. The molecule has 0 aliphatic heterocycles. The Balaban J connectivity index is 3.29. The fourth-order valence-corrected chi connectivity index (χ4v) is 1.34. The van der Waals surface area contributed by atoms with E-state index in [9.17, 15) is 9.59 Å². The van der Waals surface area contributed by atoms with E-state index in [-0.39, 0.29) is 18.1 Å². The Labute approximate surface area is 92.5 Å². The molecule has 0 aliphatic rings. The predicted molar refractivity (Wildman–Crippen MR) is 63.3 cm³/mol. The highest BCUT2D eigenvalue weighted by Gasteiger charge is 2.10. The van der Waals surface area contributed by atoms with Gasteiger partial charge in [-0.05, 0) is 6.42 Å². The summed E-state index contributed by atoms with van der Waals surface area (Å²) in [6.07, 6.45) is 5.81. The van der Waals surface area contributed by atoms with E-state index in [4.69, 9.17) is 12.2 Å². The Morgan fingerprint density at radius 1 is 1.56 bits per heavy atom. The molecule has 1 aromatic heterocycles. The van der Waals surface area contributed by atoms with Crippen LogP contribution in [0, 0.1) is 12.3 Å². The van der Waals surface area contributed by atoms with Crippen molar-refractivity contribution in [2.45, 2.75) is 19.9 Å². The van der Waals surface area contributed by atoms with Crippen molar-refractivity contribution in [2.75, 3.05) is 17.6 Å². The number of nitrogens with one attached hydrogen (secondary N) is 2. The van der Waals surface area contributed by atoms with Gasteiger partial charge in [-0.2, -0.15) is 0 Å². The zero-order valence-electron chi connectivity index (χ0n) is 9.04. The summed E-state index contributed by atoms with van der Waals surface area (Å²) >= 11 is 0. The summed E-state index contributed by atoms with van der Waals surface area (Å²) in [6, 6.07) is 0. The van der Waals surface area contributed by atoms with Gasteiger partial charge < -0.3 is 11.1 Å². The SMILES string of the molecule is C#CCNc1c(N)n(CCC)c(=O)[nH]c1=O. The van der Waals surface area contributed by atoms with Crippen LogP contribution in [0.3, 0.4) is 0 Å². The second kappa shape index (κ2) is 5.07. The van der Waals surface area contributed by atoms with Crippen LogP contribution >= 0.6 is 0 Å². The molecule has 0 aliphatic carbocycles. The van der Waals surface area contributed by atoms with Gasteiger partial charge in [-0.15, -0.1) is 6.42 Å². The largest absolute Gasteiger partial charge is 0.383 e. The molecule has 0 aromatic carbocycles. The molecular formula is C10H14N4O2. The fourth-order valence-electron chi connectivity index (χ4n) is 1.34. The smallest absolute Gasteiger partial charge is 0.330 e. The van der Waals surface area contributed by atoms with Crippen LogP contribution in [0.25, 0.3) is 0 Å². The van der Waals surface area contributed by atoms with Crippen LogP contribution in [0.2, 0.25) is 0 Å². The summed E-state index contributed by atoms with van der Waals surface area (Å²) < 4.78 is 1.31. The maximum absolute atomic E-state index is 11.4. The number of terminal acetylenes is 1. The Bertz CT molecular complexity index is 521. The van der Waals surface area contributed by atoms with Crippen molar-refractivity contribution in [2.24, 2.45) is 0 Å². The number of aromatic nitrogens is 2. The molecule has 0 atom stereocenters. The zero-order valence-corrected chi connectivity index (χ0v) is 9.04. The lowest BCUT2D eigenvalue weighted by atomic mass is 10.4. The lowest BCUT2D eigenvalue weighted by Crippen LogP contribution is -2.34. The second-order valence-corrected chi connectivity index (χ2v) is 3.23. The van der Waals surface area contributed by atoms with Crippen LogP contribution in [-0.2, 0) is 6.54 Å². The molecule has 0 saturated carbocycles. The van der Waals surface area contributed by atoms with Crippen LogP contribution in [0.1, 0.15) is 13.3 Å². The minimum absolute atomic E-state index is 0.117. The average molecular weight is 222 g/mol. The summed E-state index contributed by atoms with van der Waals surface area (Å²) in [5, 5.41) is 2.69. The first kappa shape index (κ1) is 11.9. The molecule has 0 fully saturated rings. The summed E-state index contributed by atoms with van der Waals surface area (Å²) in [5.41, 5.74) is 4.81. The van der Waals surface area contributed by atoms with Crippen molar-refractivity contribution in [3.63, 3.8) is 0 Å². The molecule has 1 aromatic rings. The summed E-state index contributed by atoms with van der Waals surface area (Å²) in [5.74, 6) is 2.45. The molecule has 0 amide bonds. The van der Waals surface area contributed by atoms with E-state index in [1.165, 1.54) is 4.57 Å². The normalized spacial score (nSPS) is 9.75. The van der Waals surface area contributed by atoms with Crippen molar-refractivity contribution >= 4 is 11.5 Å². The zero-order chi connectivity index (χ0) is 12.1. The van der Waals surface area contributed by atoms with E-state index >= 15 is 0 Å². The number of H-pyrrole nitrogens is 1. The van der Waals surface area contributed by atoms with Gasteiger partial charge in [0.15, 0.2) is 0 Å². The Kier molecular flexibility index (Phi) is 3.78. The van der Waals surface area contributed by atoms with Gasteiger partial charge in [0.1, 0.15) is 11.5 Å². The van der Waals surface area contributed by atoms with Crippen molar-refractivity contribution in [3.8, 4) is 12.3 Å². The lowest BCUT2D eigenvalue weighted by molar-refractivity contribution is 0.642. The summed E-state index contributed by atoms with van der Waals surface area (Å²) in [6.45, 7) is 2.54. The maximum Gasteiger partial charge on any atom is 0.330 e. The molecule has 4 N–H and O–H groups in total. The Morgan fingerprint density at radius 3 is 2.81 bits per heavy atom. The molecule has 0 spiro atoms. The number of hydrogen-bond acceptors (Lipinski definition) is 4. The van der Waals surface area contributed by atoms with Crippen LogP contribution in [0.4, 0.5) is 11.5 Å². The maximum atomic E-state index is 11.4. The molecule has 6 heteroatoms. The van der Waals surface area contributed by atoms with E-state index in [1.54, 1.807) is 0 Å². The monoisotopic (exact) mass is 222 g/mol. The number of aromatic amines is 1. The number of nitrogens with zero attached hydrogens (tertiary/aromatic N) is 1. The average Bonchev–Trinajstić information content (AvgIpc) is 2.24. The van der Waals surface area contributed by atoms with E-state index in [1.807, 2.05) is 6.92 Å². The van der Waals surface area contributed by atoms with Crippen LogP contribution < -0.4 is 22.3 Å². The number of hydrogen-bond donors (Lipinski definition) is 3. The van der Waals surface area contributed by atoms with E-state index in [0.717, 1.165) is 6.42 Å². The molecule has 6 nitrogen and oxygen atoms in total. The highest BCUT2D eigenvalue weighted by molar-refractivity contribution is 5.60. The van der Waals surface area contributed by atoms with Gasteiger partial charge in [0.25, 0.3) is 5.56 Å². The molecule has 0 radical (unpaired) electrons. The molecule has 0 unspecified atom stereocenters. The Morgan fingerprint density at radius 2 is 2.25 bits per heavy atom. The molecular weight excluding hydrogens is 208 g/mol. The van der Waals surface area contributed by atoms with E-state index in [0.29, 0.717) is 6.54 Å². The summed E-state index contributed by atoms with van der Waals surface area (Å²) in [4.78, 5) is 25.1. The fraction of sp³-hybridized carbons (Fsp3) is 0.400. The molecule has 0 bridgehead atoms. The van der Waals surface area contributed by atoms with Gasteiger partial charge in [0, 0.05) is 6.54 Å². The Hall–Kier alpha value is -2.16. The third kappa shape index (κ3) is 2.25. The highest BCUT2D eigenvalue weighted by atomic mass is 16.2. The third-order valence-electron chi connectivity index (χ3n) is 2.05. The lowest BCUT2D eigenvalue weighted by Gasteiger charge is -2.11. The first-order chi connectivity index (χ1) is 7.61. The molecule has 1 heterocycles. The molecule has 16 heavy (non-hydrogen) atoms. The molecule has 86 valence electrons. The van der Waals surface area contributed by atoms with E-state index < -0.39 is 11.2 Å². The van der Waals surface area contributed by atoms with Crippen molar-refractivity contribution in [1.82, 2.24) is 9.55 Å². The van der Waals surface area contributed by atoms with Crippen molar-refractivity contribution in [1.29, 1.82) is 0 Å². The predicted octanol–water partition coefficient (Wildman–Crippen LogP) is -0.426. The van der Waals surface area contributed by atoms with Crippen molar-refractivity contribution in [3.05, 3.63) is 20.8 Å². The van der Waals surface area contributed by atoms with Gasteiger partial charge >= 0.3 is 5.69 Å². The highest BCUT2D eigenvalue weighted by Crippen LogP contribution is 2.09. The van der Waals surface area contributed by atoms with Gasteiger partial charge in [0.2, 0.25) is 0 Å². The first-order valence-corrected chi connectivity index (χ1v) is 4.91. The third-order valence-corrected chi connectivity index (χ3v) is 2.05. The van der Waals surface area contributed by atoms with Crippen LogP contribution in [0.15, 0.2) is 9.59 Å². The van der Waals surface area contributed by atoms with Crippen molar-refractivity contribution < 1.29 is 0 Å². The number of nitrogen functional groups attached to an aromatic ring is 1. The summed E-state index contributed by atoms with van der Waals surface area (Å²) in [7, 11) is 0. The van der Waals surface area contributed by atoms with Gasteiger partial charge in [-0.3, -0.25) is 14.3 Å². The quantitative estimate of drug-likeness (QED) is 0.603. The molecule has 0 saturated heterocycles. The van der Waals surface area contributed by atoms with Gasteiger partial charge in [0.05, 0.1) is 6.54 Å². The number of nitrogens with two attached hydrogens (primary N) is 1. The first-order valence-electron chi connectivity index (χ1n) is 4.91. The van der Waals surface area contributed by atoms with Crippen LogP contribution in [0.5, 0.6) is 0 Å². The van der Waals surface area contributed by atoms with Gasteiger partial charge in [-0.25, -0.2) is 4.79 Å². The van der Waals surface area contributed by atoms with E-state index in [2.05, 4.69) is 16.2 Å². The standard InChI is InChI=1S/C10H14N4O2/c1-3-5-12-7-8(11)14(6-4-2)10(16)13-9(7)15/h1,12H,4-6,11H2,2H3,(H,13,15,16). The number of rotatable bonds is 4. The number of anilines is 2. The topological polar surface area (TPSA) is 92.9 Å². The minimum atomic E-state index is -0.551.